The summed E-state index contributed by atoms with van der Waals surface area (Å²) in [4.78, 5) is 12.9. The maximum atomic E-state index is 12.9. The summed E-state index contributed by atoms with van der Waals surface area (Å²) in [5, 5.41) is 21.6. The molecule has 0 aliphatic rings. The summed E-state index contributed by atoms with van der Waals surface area (Å²) in [5.74, 6) is 0.669. The van der Waals surface area contributed by atoms with Crippen LogP contribution in [0.2, 0.25) is 0 Å². The number of urea groups is 1. The zero-order valence-electron chi connectivity index (χ0n) is 19.2. The number of nitrogens with zero attached hydrogens (tertiary/aromatic N) is 2. The van der Waals surface area contributed by atoms with Crippen molar-refractivity contribution in [3.63, 3.8) is 0 Å². The fraction of sp³-hybridized carbons (Fsp3) is 0.231. The number of hydrogen-bond acceptors (Lipinski definition) is 3. The minimum absolute atomic E-state index is 0.279. The molecule has 3 N–H and O–H groups in total. The van der Waals surface area contributed by atoms with E-state index in [1.54, 1.807) is 12.1 Å². The van der Waals surface area contributed by atoms with Gasteiger partial charge >= 0.3 is 12.2 Å². The molecule has 6 nitrogen and oxygen atoms in total. The van der Waals surface area contributed by atoms with E-state index in [2.05, 4.69) is 15.7 Å². The topological polar surface area (TPSA) is 79.2 Å². The van der Waals surface area contributed by atoms with Crippen LogP contribution in [0.25, 0.3) is 16.5 Å². The summed E-state index contributed by atoms with van der Waals surface area (Å²) in [6.45, 7) is 4.07. The Morgan fingerprint density at radius 2 is 1.69 bits per heavy atom. The Morgan fingerprint density at radius 3 is 2.37 bits per heavy atom. The quantitative estimate of drug-likeness (QED) is 0.295. The van der Waals surface area contributed by atoms with Crippen LogP contribution >= 0.6 is 0 Å². The van der Waals surface area contributed by atoms with Gasteiger partial charge in [-0.25, -0.2) is 9.48 Å². The van der Waals surface area contributed by atoms with E-state index in [4.69, 9.17) is 0 Å². The lowest BCUT2D eigenvalue weighted by atomic mass is 10.1. The highest BCUT2D eigenvalue weighted by atomic mass is 19.4. The molecule has 35 heavy (non-hydrogen) atoms. The number of amides is 2. The molecule has 0 saturated carbocycles. The van der Waals surface area contributed by atoms with Crippen LogP contribution in [0, 0.1) is 5.92 Å². The van der Waals surface area contributed by atoms with E-state index in [1.165, 1.54) is 28.9 Å². The van der Waals surface area contributed by atoms with E-state index < -0.39 is 18.3 Å². The number of aliphatic hydroxyl groups is 1. The number of fused-ring (bicyclic) bond motifs is 1. The summed E-state index contributed by atoms with van der Waals surface area (Å²) in [6.07, 6.45) is -6.68. The second-order valence-corrected chi connectivity index (χ2v) is 8.67. The summed E-state index contributed by atoms with van der Waals surface area (Å²) in [6, 6.07) is 19.7. The van der Waals surface area contributed by atoms with Crippen molar-refractivity contribution in [2.45, 2.75) is 32.5 Å². The number of aromatic nitrogens is 2. The standard InChI is InChI=1S/C26H25F3N4O2/c1-16(2)14-19-15-23(31-25(35)30-22-9-5-7-17-6-3-4-8-21(17)22)33(32-19)20-12-10-18(11-13-20)24(34)26(27,28)29/h3-13,15-16,24,34H,14H2,1-2H3,(H2,30,31,35). The largest absolute Gasteiger partial charge is 0.418 e. The third-order valence-electron chi connectivity index (χ3n) is 5.42. The van der Waals surface area contributed by atoms with Gasteiger partial charge in [-0.15, -0.1) is 0 Å². The van der Waals surface area contributed by atoms with Gasteiger partial charge in [0.2, 0.25) is 0 Å². The zero-order valence-corrected chi connectivity index (χ0v) is 19.2. The molecule has 0 spiro atoms. The van der Waals surface area contributed by atoms with Gasteiger partial charge < -0.3 is 10.4 Å². The molecule has 0 aliphatic carbocycles. The maximum absolute atomic E-state index is 12.9. The minimum atomic E-state index is -4.76. The molecule has 0 aliphatic heterocycles. The Labute approximate surface area is 200 Å². The average molecular weight is 483 g/mol. The van der Waals surface area contributed by atoms with Gasteiger partial charge in [-0.2, -0.15) is 18.3 Å². The van der Waals surface area contributed by atoms with E-state index in [0.717, 1.165) is 16.5 Å². The average Bonchev–Trinajstić information content (AvgIpc) is 3.19. The molecule has 0 radical (unpaired) electrons. The number of hydrogen-bond donors (Lipinski definition) is 3. The molecule has 3 aromatic carbocycles. The molecule has 0 saturated heterocycles. The number of nitrogens with one attached hydrogen (secondary N) is 2. The van der Waals surface area contributed by atoms with Crippen molar-refractivity contribution in [2.75, 3.05) is 10.6 Å². The van der Waals surface area contributed by atoms with Gasteiger partial charge in [0.05, 0.1) is 17.1 Å². The summed E-state index contributed by atoms with van der Waals surface area (Å²) in [5.41, 5.74) is 1.53. The van der Waals surface area contributed by atoms with Crippen LogP contribution in [-0.4, -0.2) is 27.1 Å². The number of alkyl halides is 3. The number of halogens is 3. The van der Waals surface area contributed by atoms with Crippen molar-refractivity contribution in [2.24, 2.45) is 5.92 Å². The normalized spacial score (nSPS) is 12.7. The predicted molar refractivity (Wildman–Crippen MR) is 130 cm³/mol. The molecule has 1 unspecified atom stereocenters. The number of anilines is 2. The number of benzene rings is 3. The third-order valence-corrected chi connectivity index (χ3v) is 5.42. The second kappa shape index (κ2) is 9.79. The number of carbonyl (C=O) groups is 1. The highest BCUT2D eigenvalue weighted by molar-refractivity contribution is 6.06. The van der Waals surface area contributed by atoms with E-state index in [0.29, 0.717) is 29.5 Å². The smallest absolute Gasteiger partial charge is 0.379 e. The van der Waals surface area contributed by atoms with Gasteiger partial charge in [0, 0.05) is 11.5 Å². The van der Waals surface area contributed by atoms with Gasteiger partial charge in [-0.05, 0) is 41.5 Å². The Hall–Kier alpha value is -3.85. The van der Waals surface area contributed by atoms with Crippen molar-refractivity contribution in [3.8, 4) is 5.69 Å². The van der Waals surface area contributed by atoms with Crippen molar-refractivity contribution in [1.82, 2.24) is 9.78 Å². The predicted octanol–water partition coefficient (Wildman–Crippen LogP) is 6.46. The first kappa shape index (κ1) is 24.3. The maximum Gasteiger partial charge on any atom is 0.418 e. The van der Waals surface area contributed by atoms with Crippen molar-refractivity contribution >= 4 is 28.3 Å². The fourth-order valence-corrected chi connectivity index (χ4v) is 3.83. The monoisotopic (exact) mass is 482 g/mol. The molecule has 182 valence electrons. The summed E-state index contributed by atoms with van der Waals surface area (Å²) < 4.78 is 40.0. The summed E-state index contributed by atoms with van der Waals surface area (Å²) in [7, 11) is 0. The first-order valence-corrected chi connectivity index (χ1v) is 11.1. The Bertz CT molecular complexity index is 1330. The molecule has 1 atom stereocenters. The van der Waals surface area contributed by atoms with Crippen LogP contribution in [0.15, 0.2) is 72.8 Å². The fourth-order valence-electron chi connectivity index (χ4n) is 3.83. The van der Waals surface area contributed by atoms with Gasteiger partial charge in [0.1, 0.15) is 5.82 Å². The van der Waals surface area contributed by atoms with Gasteiger partial charge in [-0.3, -0.25) is 5.32 Å². The van der Waals surface area contributed by atoms with Crippen LogP contribution in [0.1, 0.15) is 31.2 Å². The molecule has 4 rings (SSSR count). The lowest BCUT2D eigenvalue weighted by molar-refractivity contribution is -0.206. The first-order chi connectivity index (χ1) is 16.6. The zero-order chi connectivity index (χ0) is 25.2. The van der Waals surface area contributed by atoms with Gasteiger partial charge in [-0.1, -0.05) is 62.4 Å². The van der Waals surface area contributed by atoms with Crippen LogP contribution < -0.4 is 10.6 Å². The molecule has 1 aromatic heterocycles. The van der Waals surface area contributed by atoms with Crippen LogP contribution in [-0.2, 0) is 6.42 Å². The van der Waals surface area contributed by atoms with Crippen molar-refractivity contribution in [3.05, 3.63) is 84.1 Å². The van der Waals surface area contributed by atoms with Crippen LogP contribution in [0.4, 0.5) is 29.5 Å². The Balaban J connectivity index is 1.61. The number of carbonyl (C=O) groups excluding carboxylic acids is 1. The van der Waals surface area contributed by atoms with Gasteiger partial charge in [0.15, 0.2) is 6.10 Å². The highest BCUT2D eigenvalue weighted by Crippen LogP contribution is 2.33. The molecule has 9 heteroatoms. The molecule has 2 amide bonds. The van der Waals surface area contributed by atoms with E-state index in [-0.39, 0.29) is 5.56 Å². The van der Waals surface area contributed by atoms with Crippen molar-refractivity contribution in [1.29, 1.82) is 0 Å². The number of rotatable bonds is 6. The van der Waals surface area contributed by atoms with Crippen LogP contribution in [0.3, 0.4) is 0 Å². The lowest BCUT2D eigenvalue weighted by Crippen LogP contribution is -2.21. The molecule has 4 aromatic rings. The van der Waals surface area contributed by atoms with E-state index in [9.17, 15) is 23.1 Å². The molecule has 0 fully saturated rings. The minimum Gasteiger partial charge on any atom is -0.379 e. The number of aliphatic hydroxyl groups excluding tert-OH is 1. The molecule has 0 bridgehead atoms. The molecule has 1 heterocycles. The van der Waals surface area contributed by atoms with E-state index in [1.807, 2.05) is 50.2 Å². The molecular formula is C26H25F3N4O2. The van der Waals surface area contributed by atoms with Crippen molar-refractivity contribution < 1.29 is 23.1 Å². The summed E-state index contributed by atoms with van der Waals surface area (Å²) >= 11 is 0. The third kappa shape index (κ3) is 5.63. The Kier molecular flexibility index (Phi) is 6.79. The lowest BCUT2D eigenvalue weighted by Gasteiger charge is -2.15. The highest BCUT2D eigenvalue weighted by Gasteiger charge is 2.39. The SMILES string of the molecule is CC(C)Cc1cc(NC(=O)Nc2cccc3ccccc23)n(-c2ccc(C(O)C(F)(F)F)cc2)n1. The first-order valence-electron chi connectivity index (χ1n) is 11.1. The second-order valence-electron chi connectivity index (χ2n) is 8.67. The Morgan fingerprint density at radius 1 is 1.00 bits per heavy atom. The van der Waals surface area contributed by atoms with Gasteiger partial charge in [0.25, 0.3) is 0 Å². The van der Waals surface area contributed by atoms with E-state index >= 15 is 0 Å². The van der Waals surface area contributed by atoms with Crippen LogP contribution in [0.5, 0.6) is 0 Å². The molecular weight excluding hydrogens is 457 g/mol.